The maximum Gasteiger partial charge on any atom is 0.270 e. The van der Waals surface area contributed by atoms with E-state index in [0.717, 1.165) is 6.07 Å². The lowest BCUT2D eigenvalue weighted by atomic mass is 10.2. The highest BCUT2D eigenvalue weighted by molar-refractivity contribution is 7.89. The monoisotopic (exact) mass is 397 g/mol. The molecule has 138 valence electrons. The van der Waals surface area contributed by atoms with E-state index in [0.29, 0.717) is 18.7 Å². The Bertz CT molecular complexity index is 929. The number of nitro benzene ring substituents is 1. The number of non-ortho nitro benzene ring substituents is 1. The Balaban J connectivity index is 2.18. The van der Waals surface area contributed by atoms with Gasteiger partial charge in [-0.15, -0.1) is 0 Å². The highest BCUT2D eigenvalue weighted by atomic mass is 35.5. The molecule has 10 heteroatoms. The van der Waals surface area contributed by atoms with E-state index in [1.54, 1.807) is 0 Å². The number of carbonyl (C=O) groups excluding carboxylic acids is 1. The number of rotatable bonds is 7. The molecule has 0 fully saturated rings. The molecule has 0 aliphatic rings. The van der Waals surface area contributed by atoms with Crippen LogP contribution in [-0.2, 0) is 10.0 Å². The summed E-state index contributed by atoms with van der Waals surface area (Å²) in [5.74, 6) is -0.640. The van der Waals surface area contributed by atoms with Gasteiger partial charge < -0.3 is 5.32 Å². The highest BCUT2D eigenvalue weighted by Gasteiger charge is 2.17. The topological polar surface area (TPSA) is 118 Å². The number of nitro groups is 1. The average Bonchev–Trinajstić information content (AvgIpc) is 2.60. The van der Waals surface area contributed by atoms with Crippen molar-refractivity contribution in [2.45, 2.75) is 18.2 Å². The molecular formula is C16H16ClN3O5S. The van der Waals surface area contributed by atoms with E-state index < -0.39 is 20.9 Å². The first kappa shape index (κ1) is 19.8. The number of hydrogen-bond acceptors (Lipinski definition) is 5. The summed E-state index contributed by atoms with van der Waals surface area (Å²) in [6.07, 6.45) is 0.664. The largest absolute Gasteiger partial charge is 0.322 e. The lowest BCUT2D eigenvalue weighted by Crippen LogP contribution is -2.24. The molecular weight excluding hydrogens is 382 g/mol. The molecule has 0 saturated carbocycles. The summed E-state index contributed by atoms with van der Waals surface area (Å²) in [6.45, 7) is 2.17. The van der Waals surface area contributed by atoms with Crippen molar-refractivity contribution in [2.75, 3.05) is 11.9 Å². The van der Waals surface area contributed by atoms with Gasteiger partial charge in [-0.25, -0.2) is 13.1 Å². The van der Waals surface area contributed by atoms with Crippen LogP contribution >= 0.6 is 11.6 Å². The molecule has 8 nitrogen and oxygen atoms in total. The number of amides is 1. The van der Waals surface area contributed by atoms with Crippen LogP contribution in [0.5, 0.6) is 0 Å². The van der Waals surface area contributed by atoms with Crippen LogP contribution in [0.4, 0.5) is 11.4 Å². The van der Waals surface area contributed by atoms with Crippen molar-refractivity contribution < 1.29 is 18.1 Å². The van der Waals surface area contributed by atoms with Gasteiger partial charge >= 0.3 is 0 Å². The van der Waals surface area contributed by atoms with Gasteiger partial charge in [-0.2, -0.15) is 0 Å². The summed E-state index contributed by atoms with van der Waals surface area (Å²) in [7, 11) is -3.60. The summed E-state index contributed by atoms with van der Waals surface area (Å²) in [4.78, 5) is 22.5. The fraction of sp³-hybridized carbons (Fsp3) is 0.188. The van der Waals surface area contributed by atoms with Gasteiger partial charge in [0.05, 0.1) is 20.4 Å². The Morgan fingerprint density at radius 3 is 2.42 bits per heavy atom. The third kappa shape index (κ3) is 4.78. The molecule has 0 aliphatic carbocycles. The molecule has 1 amide bonds. The van der Waals surface area contributed by atoms with E-state index in [2.05, 4.69) is 10.0 Å². The first-order chi connectivity index (χ1) is 12.2. The van der Waals surface area contributed by atoms with E-state index in [1.807, 2.05) is 6.92 Å². The molecule has 2 N–H and O–H groups in total. The second-order valence-electron chi connectivity index (χ2n) is 5.30. The van der Waals surface area contributed by atoms with Crippen molar-refractivity contribution in [3.63, 3.8) is 0 Å². The molecule has 0 radical (unpaired) electrons. The van der Waals surface area contributed by atoms with Gasteiger partial charge in [-0.05, 0) is 36.8 Å². The number of benzene rings is 2. The third-order valence-corrected chi connectivity index (χ3v) is 5.18. The van der Waals surface area contributed by atoms with Crippen molar-refractivity contribution >= 4 is 38.9 Å². The van der Waals surface area contributed by atoms with E-state index in [-0.39, 0.29) is 21.2 Å². The van der Waals surface area contributed by atoms with Crippen molar-refractivity contribution in [3.8, 4) is 0 Å². The minimum Gasteiger partial charge on any atom is -0.322 e. The number of anilines is 1. The van der Waals surface area contributed by atoms with Crippen LogP contribution in [0.1, 0.15) is 23.7 Å². The van der Waals surface area contributed by atoms with E-state index in [9.17, 15) is 23.3 Å². The first-order valence-electron chi connectivity index (χ1n) is 7.59. The molecule has 0 heterocycles. The Morgan fingerprint density at radius 2 is 1.85 bits per heavy atom. The lowest BCUT2D eigenvalue weighted by Gasteiger charge is -2.09. The SMILES string of the molecule is CCCNS(=O)(=O)c1ccc(NC(=O)c2cc([N+](=O)[O-])ccc2Cl)cc1. The molecule has 26 heavy (non-hydrogen) atoms. The maximum absolute atomic E-state index is 12.3. The molecule has 0 bridgehead atoms. The van der Waals surface area contributed by atoms with Crippen LogP contribution < -0.4 is 10.0 Å². The van der Waals surface area contributed by atoms with E-state index in [4.69, 9.17) is 11.6 Å². The minimum atomic E-state index is -3.60. The molecule has 2 rings (SSSR count). The predicted octanol–water partition coefficient (Wildman–Crippen LogP) is 3.19. The van der Waals surface area contributed by atoms with Crippen LogP contribution in [0.2, 0.25) is 5.02 Å². The van der Waals surface area contributed by atoms with Crippen LogP contribution in [0.25, 0.3) is 0 Å². The molecule has 2 aromatic carbocycles. The fourth-order valence-electron chi connectivity index (χ4n) is 2.04. The van der Waals surface area contributed by atoms with Crippen LogP contribution in [0, 0.1) is 10.1 Å². The van der Waals surface area contributed by atoms with Crippen LogP contribution in [0.3, 0.4) is 0 Å². The number of nitrogens with zero attached hydrogens (tertiary/aromatic N) is 1. The Labute approximate surface area is 155 Å². The second-order valence-corrected chi connectivity index (χ2v) is 7.47. The van der Waals surface area contributed by atoms with E-state index in [1.165, 1.54) is 36.4 Å². The summed E-state index contributed by atoms with van der Waals surface area (Å²) in [5.41, 5.74) is 0.0113. The number of hydrogen-bond donors (Lipinski definition) is 2. The maximum atomic E-state index is 12.3. The van der Waals surface area contributed by atoms with Crippen molar-refractivity contribution in [3.05, 3.63) is 63.2 Å². The fourth-order valence-corrected chi connectivity index (χ4v) is 3.37. The van der Waals surface area contributed by atoms with Gasteiger partial charge in [-0.3, -0.25) is 14.9 Å². The molecule has 0 aliphatic heterocycles. The van der Waals surface area contributed by atoms with Crippen molar-refractivity contribution in [1.82, 2.24) is 4.72 Å². The van der Waals surface area contributed by atoms with Gasteiger partial charge in [0.1, 0.15) is 0 Å². The molecule has 0 saturated heterocycles. The predicted molar refractivity (Wildman–Crippen MR) is 98.0 cm³/mol. The summed E-state index contributed by atoms with van der Waals surface area (Å²) >= 11 is 5.92. The quantitative estimate of drug-likeness (QED) is 0.549. The molecule has 0 unspecified atom stereocenters. The summed E-state index contributed by atoms with van der Waals surface area (Å²) in [5, 5.41) is 13.4. The average molecular weight is 398 g/mol. The first-order valence-corrected chi connectivity index (χ1v) is 9.45. The van der Waals surface area contributed by atoms with Gasteiger partial charge in [0.15, 0.2) is 0 Å². The van der Waals surface area contributed by atoms with Gasteiger partial charge in [0, 0.05) is 24.4 Å². The molecule has 2 aromatic rings. The van der Waals surface area contributed by atoms with Crippen LogP contribution in [0.15, 0.2) is 47.4 Å². The summed E-state index contributed by atoms with van der Waals surface area (Å²) < 4.78 is 26.5. The Hall–Kier alpha value is -2.49. The molecule has 0 aromatic heterocycles. The second kappa shape index (κ2) is 8.26. The minimum absolute atomic E-state index is 0.0535. The zero-order valence-electron chi connectivity index (χ0n) is 13.7. The highest BCUT2D eigenvalue weighted by Crippen LogP contribution is 2.23. The van der Waals surface area contributed by atoms with Gasteiger partial charge in [0.25, 0.3) is 11.6 Å². The van der Waals surface area contributed by atoms with Gasteiger partial charge in [0.2, 0.25) is 10.0 Å². The number of nitrogens with one attached hydrogen (secondary N) is 2. The zero-order valence-corrected chi connectivity index (χ0v) is 15.3. The van der Waals surface area contributed by atoms with Crippen LogP contribution in [-0.4, -0.2) is 25.8 Å². The number of halogens is 1. The third-order valence-electron chi connectivity index (χ3n) is 3.37. The van der Waals surface area contributed by atoms with Crippen molar-refractivity contribution in [1.29, 1.82) is 0 Å². The van der Waals surface area contributed by atoms with Gasteiger partial charge in [-0.1, -0.05) is 18.5 Å². The number of carbonyl (C=O) groups is 1. The lowest BCUT2D eigenvalue weighted by molar-refractivity contribution is -0.384. The van der Waals surface area contributed by atoms with Crippen molar-refractivity contribution in [2.24, 2.45) is 0 Å². The number of sulfonamides is 1. The molecule has 0 spiro atoms. The zero-order chi connectivity index (χ0) is 19.3. The normalized spacial score (nSPS) is 11.2. The standard InChI is InChI=1S/C16H16ClN3O5S/c1-2-9-18-26(24,25)13-6-3-11(4-7-13)19-16(21)14-10-12(20(22)23)5-8-15(14)17/h3-8,10,18H,2,9H2,1H3,(H,19,21). The Kier molecular flexibility index (Phi) is 6.30. The van der Waals surface area contributed by atoms with E-state index >= 15 is 0 Å². The smallest absolute Gasteiger partial charge is 0.270 e. The summed E-state index contributed by atoms with van der Waals surface area (Å²) in [6, 6.07) is 9.08. The molecule has 0 atom stereocenters. The Morgan fingerprint density at radius 1 is 1.19 bits per heavy atom.